The van der Waals surface area contributed by atoms with E-state index in [2.05, 4.69) is 10.4 Å². The van der Waals surface area contributed by atoms with Gasteiger partial charge in [0.05, 0.1) is 17.2 Å². The summed E-state index contributed by atoms with van der Waals surface area (Å²) in [7, 11) is 0. The maximum Gasteiger partial charge on any atom is 0.281 e. The summed E-state index contributed by atoms with van der Waals surface area (Å²) in [6, 6.07) is 3.33. The normalized spacial score (nSPS) is 15.2. The summed E-state index contributed by atoms with van der Waals surface area (Å²) in [4.78, 5) is 44.3. The number of hydrogen-bond donors (Lipinski definition) is 1. The number of nitrogens with zero attached hydrogens (tertiary/aromatic N) is 3. The Labute approximate surface area is 158 Å². The third-order valence-electron chi connectivity index (χ3n) is 4.81. The topological polar surface area (TPSA) is 97.4 Å². The van der Waals surface area contributed by atoms with Crippen molar-refractivity contribution in [1.82, 2.24) is 14.6 Å². The molecule has 0 spiro atoms. The number of fused-ring (bicyclic) bond motifs is 1. The Morgan fingerprint density at radius 2 is 2.07 bits per heavy atom. The van der Waals surface area contributed by atoms with E-state index in [1.54, 1.807) is 29.3 Å². The molecule has 4 heterocycles. The molecule has 8 nitrogen and oxygen atoms in total. The summed E-state index contributed by atoms with van der Waals surface area (Å²) in [5.74, 6) is -0.146. The average molecular weight is 386 g/mol. The molecule has 0 unspecified atom stereocenters. The van der Waals surface area contributed by atoms with Crippen molar-refractivity contribution in [2.45, 2.75) is 19.8 Å². The van der Waals surface area contributed by atoms with Crippen molar-refractivity contribution in [1.29, 1.82) is 0 Å². The van der Waals surface area contributed by atoms with Gasteiger partial charge in [0.25, 0.3) is 11.5 Å². The van der Waals surface area contributed by atoms with Crippen LogP contribution in [0.5, 0.6) is 0 Å². The zero-order valence-corrected chi connectivity index (χ0v) is 15.5. The highest BCUT2D eigenvalue weighted by atomic mass is 32.1. The molecule has 0 atom stereocenters. The number of aromatic nitrogens is 2. The molecule has 2 amide bonds. The van der Waals surface area contributed by atoms with E-state index >= 15 is 0 Å². The zero-order valence-electron chi connectivity index (χ0n) is 14.7. The Morgan fingerprint density at radius 1 is 1.30 bits per heavy atom. The monoisotopic (exact) mass is 386 g/mol. The molecule has 0 bridgehead atoms. The Kier molecular flexibility index (Phi) is 4.53. The third-order valence-corrected chi connectivity index (χ3v) is 5.61. The maximum atomic E-state index is 12.6. The van der Waals surface area contributed by atoms with Crippen molar-refractivity contribution in [3.05, 3.63) is 51.8 Å². The largest absolute Gasteiger partial charge is 0.472 e. The minimum atomic E-state index is -0.278. The van der Waals surface area contributed by atoms with Gasteiger partial charge in [-0.05, 0) is 37.3 Å². The number of thiophene rings is 1. The molecule has 0 saturated carbocycles. The molecule has 1 fully saturated rings. The molecular weight excluding hydrogens is 368 g/mol. The summed E-state index contributed by atoms with van der Waals surface area (Å²) in [6.07, 6.45) is 3.96. The standard InChI is InChI=1S/C18H18N4O4S/c1-11-19-16-14(5-9-27-16)18(25)22(11)20-15(23)12-2-6-21(7-3-12)17(24)13-4-8-26-10-13/h4-5,8-10,12H,2-3,6-7H2,1H3,(H,20,23). The van der Waals surface area contributed by atoms with Gasteiger partial charge in [0, 0.05) is 19.0 Å². The minimum Gasteiger partial charge on any atom is -0.472 e. The number of furan rings is 1. The number of nitrogens with one attached hydrogen (secondary N) is 1. The molecule has 1 aliphatic heterocycles. The molecule has 9 heteroatoms. The number of carbonyl (C=O) groups excluding carboxylic acids is 2. The molecule has 4 rings (SSSR count). The molecule has 1 aliphatic rings. The molecular formula is C18H18N4O4S. The highest BCUT2D eigenvalue weighted by molar-refractivity contribution is 7.16. The van der Waals surface area contributed by atoms with Crippen LogP contribution in [0.1, 0.15) is 29.0 Å². The predicted octanol–water partition coefficient (Wildman–Crippen LogP) is 1.98. The van der Waals surface area contributed by atoms with Gasteiger partial charge in [0.2, 0.25) is 5.91 Å². The first-order valence-electron chi connectivity index (χ1n) is 8.64. The van der Waals surface area contributed by atoms with Crippen LogP contribution < -0.4 is 11.0 Å². The van der Waals surface area contributed by atoms with Crippen molar-refractivity contribution in [3.8, 4) is 0 Å². The number of aryl methyl sites for hydroxylation is 1. The Balaban J connectivity index is 1.43. The van der Waals surface area contributed by atoms with Crippen LogP contribution in [0.3, 0.4) is 0 Å². The van der Waals surface area contributed by atoms with E-state index in [1.807, 2.05) is 0 Å². The first-order chi connectivity index (χ1) is 13.0. The molecule has 0 aromatic carbocycles. The van der Waals surface area contributed by atoms with E-state index in [0.717, 1.165) is 0 Å². The lowest BCUT2D eigenvalue weighted by molar-refractivity contribution is -0.122. The van der Waals surface area contributed by atoms with Gasteiger partial charge in [-0.25, -0.2) is 9.66 Å². The van der Waals surface area contributed by atoms with Crippen molar-refractivity contribution >= 4 is 33.4 Å². The van der Waals surface area contributed by atoms with Crippen LogP contribution >= 0.6 is 11.3 Å². The van der Waals surface area contributed by atoms with Gasteiger partial charge in [-0.2, -0.15) is 0 Å². The first-order valence-corrected chi connectivity index (χ1v) is 9.52. The molecule has 1 N–H and O–H groups in total. The number of hydrogen-bond acceptors (Lipinski definition) is 6. The quantitative estimate of drug-likeness (QED) is 0.742. The molecule has 0 radical (unpaired) electrons. The average Bonchev–Trinajstić information content (AvgIpc) is 3.36. The predicted molar refractivity (Wildman–Crippen MR) is 100 cm³/mol. The van der Waals surface area contributed by atoms with Crippen LogP contribution in [0.15, 0.2) is 39.3 Å². The van der Waals surface area contributed by atoms with Gasteiger partial charge in [0.1, 0.15) is 16.9 Å². The fourth-order valence-electron chi connectivity index (χ4n) is 3.26. The fraction of sp³-hybridized carbons (Fsp3) is 0.333. The zero-order chi connectivity index (χ0) is 19.0. The van der Waals surface area contributed by atoms with Crippen LogP contribution in [0.2, 0.25) is 0 Å². The number of likely N-dealkylation sites (tertiary alicyclic amines) is 1. The second kappa shape index (κ2) is 6.99. The summed E-state index contributed by atoms with van der Waals surface area (Å²) < 4.78 is 6.16. The summed E-state index contributed by atoms with van der Waals surface area (Å²) in [5.41, 5.74) is 2.92. The van der Waals surface area contributed by atoms with E-state index in [0.29, 0.717) is 47.5 Å². The number of rotatable bonds is 3. The lowest BCUT2D eigenvalue weighted by Crippen LogP contribution is -2.44. The van der Waals surface area contributed by atoms with Gasteiger partial charge < -0.3 is 9.32 Å². The molecule has 3 aromatic heterocycles. The van der Waals surface area contributed by atoms with E-state index in [9.17, 15) is 14.4 Å². The van der Waals surface area contributed by atoms with Crippen molar-refractivity contribution in [2.75, 3.05) is 18.5 Å². The van der Waals surface area contributed by atoms with Gasteiger partial charge in [-0.3, -0.25) is 19.8 Å². The minimum absolute atomic E-state index is 0.0956. The van der Waals surface area contributed by atoms with Crippen LogP contribution in [-0.4, -0.2) is 39.5 Å². The lowest BCUT2D eigenvalue weighted by atomic mass is 9.96. The van der Waals surface area contributed by atoms with Crippen LogP contribution in [-0.2, 0) is 4.79 Å². The van der Waals surface area contributed by atoms with Crippen LogP contribution in [0, 0.1) is 12.8 Å². The lowest BCUT2D eigenvalue weighted by Gasteiger charge is -2.31. The number of piperidine rings is 1. The third kappa shape index (κ3) is 3.25. The highest BCUT2D eigenvalue weighted by Gasteiger charge is 2.28. The van der Waals surface area contributed by atoms with E-state index in [-0.39, 0.29) is 23.3 Å². The van der Waals surface area contributed by atoms with E-state index in [4.69, 9.17) is 4.42 Å². The molecule has 0 aliphatic carbocycles. The number of carbonyl (C=O) groups is 2. The summed E-state index contributed by atoms with van der Waals surface area (Å²) in [6.45, 7) is 2.66. The van der Waals surface area contributed by atoms with Gasteiger partial charge in [-0.15, -0.1) is 11.3 Å². The maximum absolute atomic E-state index is 12.6. The van der Waals surface area contributed by atoms with Crippen molar-refractivity contribution in [3.63, 3.8) is 0 Å². The summed E-state index contributed by atoms with van der Waals surface area (Å²) in [5, 5.41) is 2.30. The van der Waals surface area contributed by atoms with Gasteiger partial charge >= 0.3 is 0 Å². The molecule has 1 saturated heterocycles. The van der Waals surface area contributed by atoms with Gasteiger partial charge in [-0.1, -0.05) is 0 Å². The Hall–Kier alpha value is -2.94. The SMILES string of the molecule is Cc1nc2sccc2c(=O)n1NC(=O)C1CCN(C(=O)c2ccoc2)CC1. The molecule has 3 aromatic rings. The second-order valence-electron chi connectivity index (χ2n) is 6.49. The smallest absolute Gasteiger partial charge is 0.281 e. The van der Waals surface area contributed by atoms with Gasteiger partial charge in [0.15, 0.2) is 0 Å². The summed E-state index contributed by atoms with van der Waals surface area (Å²) >= 11 is 1.39. The van der Waals surface area contributed by atoms with Crippen molar-refractivity contribution < 1.29 is 14.0 Å². The Bertz CT molecular complexity index is 1050. The van der Waals surface area contributed by atoms with E-state index in [1.165, 1.54) is 28.5 Å². The number of amides is 2. The van der Waals surface area contributed by atoms with Crippen LogP contribution in [0.25, 0.3) is 10.2 Å². The molecule has 140 valence electrons. The Morgan fingerprint density at radius 3 is 2.78 bits per heavy atom. The van der Waals surface area contributed by atoms with E-state index < -0.39 is 0 Å². The molecule has 27 heavy (non-hydrogen) atoms. The fourth-order valence-corrected chi connectivity index (χ4v) is 4.06. The second-order valence-corrected chi connectivity index (χ2v) is 7.39. The van der Waals surface area contributed by atoms with Crippen LogP contribution in [0.4, 0.5) is 0 Å². The van der Waals surface area contributed by atoms with Crippen molar-refractivity contribution in [2.24, 2.45) is 5.92 Å². The highest BCUT2D eigenvalue weighted by Crippen LogP contribution is 2.20. The first kappa shape index (κ1) is 17.5.